The highest BCUT2D eigenvalue weighted by Crippen LogP contribution is 2.56. The largest absolute Gasteiger partial charge is 0.465 e. The molecular formula is C25H22O4S3. The number of thioether (sulfide) groups is 3. The van der Waals surface area contributed by atoms with Gasteiger partial charge in [0.1, 0.15) is 4.91 Å². The molecule has 2 aliphatic rings. The number of rotatable bonds is 5. The molecule has 1 aliphatic heterocycles. The number of hydrogen-bond donors (Lipinski definition) is 0. The molecule has 2 aromatic carbocycles. The minimum Gasteiger partial charge on any atom is -0.465 e. The van der Waals surface area contributed by atoms with Crippen LogP contribution in [-0.4, -0.2) is 24.6 Å². The number of ether oxygens (including phenoxy) is 1. The van der Waals surface area contributed by atoms with Gasteiger partial charge in [-0.15, -0.1) is 11.8 Å². The molecule has 4 nitrogen and oxygen atoms in total. The molecule has 0 amide bonds. The highest BCUT2D eigenvalue weighted by Gasteiger charge is 2.38. The summed E-state index contributed by atoms with van der Waals surface area (Å²) in [5.41, 5.74) is 3.56. The summed E-state index contributed by atoms with van der Waals surface area (Å²) in [6, 6.07) is 17.9. The Labute approximate surface area is 200 Å². The molecule has 0 unspecified atom stereocenters. The van der Waals surface area contributed by atoms with Gasteiger partial charge >= 0.3 is 5.97 Å². The van der Waals surface area contributed by atoms with Crippen molar-refractivity contribution in [3.8, 4) is 0 Å². The fraction of sp³-hybridized carbons (Fsp3) is 0.240. The van der Waals surface area contributed by atoms with Crippen LogP contribution in [0.25, 0.3) is 0 Å². The van der Waals surface area contributed by atoms with E-state index in [9.17, 15) is 14.4 Å². The zero-order chi connectivity index (χ0) is 22.7. The van der Waals surface area contributed by atoms with Crippen LogP contribution in [0, 0.1) is 6.92 Å². The number of allylic oxidation sites excluding steroid dienone is 1. The zero-order valence-electron chi connectivity index (χ0n) is 17.8. The van der Waals surface area contributed by atoms with E-state index in [1.165, 1.54) is 48.0 Å². The van der Waals surface area contributed by atoms with Crippen LogP contribution in [0.4, 0.5) is 0 Å². The van der Waals surface area contributed by atoms with Gasteiger partial charge < -0.3 is 4.74 Å². The van der Waals surface area contributed by atoms with Crippen LogP contribution in [0.2, 0.25) is 0 Å². The molecule has 1 aliphatic carbocycles. The second kappa shape index (κ2) is 10.1. The van der Waals surface area contributed by atoms with Crippen molar-refractivity contribution in [3.63, 3.8) is 0 Å². The fourth-order valence-corrected chi connectivity index (χ4v) is 7.89. The molecule has 0 N–H and O–H groups in total. The van der Waals surface area contributed by atoms with Crippen molar-refractivity contribution in [2.24, 2.45) is 0 Å². The molecule has 1 saturated carbocycles. The van der Waals surface area contributed by atoms with Gasteiger partial charge in [0.2, 0.25) is 0 Å². The molecule has 7 heteroatoms. The summed E-state index contributed by atoms with van der Waals surface area (Å²) in [7, 11) is 1.34. The predicted octanol–water partition coefficient (Wildman–Crippen LogP) is 5.98. The molecule has 0 aromatic heterocycles. The Morgan fingerprint density at radius 3 is 2.41 bits per heavy atom. The third-order valence-corrected chi connectivity index (χ3v) is 9.33. The summed E-state index contributed by atoms with van der Waals surface area (Å²) in [6.45, 7) is 2.04. The molecule has 2 aromatic rings. The van der Waals surface area contributed by atoms with E-state index in [-0.39, 0.29) is 23.1 Å². The standard InChI is InChI=1S/C25H22O4S3/c1-15-7-6-8-16(11-15)14-30-25-22(23(28)29-2)31-24(32-25)21-19(26)12-18(13-20(21)27)17-9-4-3-5-10-17/h3-11,18H,12-14H2,1-2H3. The number of ketones is 2. The monoisotopic (exact) mass is 482 g/mol. The number of carbonyl (C=O) groups excluding carboxylic acids is 3. The lowest BCUT2D eigenvalue weighted by molar-refractivity contribution is -0.135. The first-order chi connectivity index (χ1) is 15.5. The van der Waals surface area contributed by atoms with E-state index in [0.29, 0.717) is 27.7 Å². The lowest BCUT2D eigenvalue weighted by Gasteiger charge is -2.23. The smallest absolute Gasteiger partial charge is 0.346 e. The Morgan fingerprint density at radius 2 is 1.75 bits per heavy atom. The second-order valence-electron chi connectivity index (χ2n) is 7.61. The van der Waals surface area contributed by atoms with Crippen LogP contribution in [-0.2, 0) is 24.9 Å². The quantitative estimate of drug-likeness (QED) is 0.295. The summed E-state index contributed by atoms with van der Waals surface area (Å²) in [5, 5.41) is 0. The third-order valence-electron chi connectivity index (χ3n) is 5.29. The van der Waals surface area contributed by atoms with Crippen LogP contribution in [0.5, 0.6) is 0 Å². The number of methoxy groups -OCH3 is 1. The number of aryl methyl sites for hydroxylation is 1. The van der Waals surface area contributed by atoms with Crippen LogP contribution in [0.3, 0.4) is 0 Å². The molecule has 4 rings (SSSR count). The van der Waals surface area contributed by atoms with Crippen LogP contribution in [0.1, 0.15) is 35.4 Å². The third kappa shape index (κ3) is 5.05. The second-order valence-corrected chi connectivity index (χ2v) is 11.2. The lowest BCUT2D eigenvalue weighted by Crippen LogP contribution is -2.25. The summed E-state index contributed by atoms with van der Waals surface area (Å²) in [6.07, 6.45) is 0.601. The topological polar surface area (TPSA) is 60.4 Å². The first kappa shape index (κ1) is 23.0. The number of hydrogen-bond acceptors (Lipinski definition) is 7. The fourth-order valence-electron chi connectivity index (χ4n) is 3.72. The molecule has 0 saturated heterocycles. The van der Waals surface area contributed by atoms with Crippen molar-refractivity contribution in [2.45, 2.75) is 31.4 Å². The minimum atomic E-state index is -0.442. The van der Waals surface area contributed by atoms with Crippen molar-refractivity contribution in [3.05, 3.63) is 90.2 Å². The van der Waals surface area contributed by atoms with Gasteiger partial charge in [-0.3, -0.25) is 9.59 Å². The Hall–Kier alpha value is -2.22. The van der Waals surface area contributed by atoms with Gasteiger partial charge in [-0.25, -0.2) is 4.79 Å². The summed E-state index contributed by atoms with van der Waals surface area (Å²) in [5.74, 6) is -0.160. The van der Waals surface area contributed by atoms with E-state index in [4.69, 9.17) is 4.74 Å². The van der Waals surface area contributed by atoms with Crippen LogP contribution in [0.15, 0.2) is 73.5 Å². The highest BCUT2D eigenvalue weighted by atomic mass is 32.2. The van der Waals surface area contributed by atoms with Crippen LogP contribution < -0.4 is 0 Å². The highest BCUT2D eigenvalue weighted by molar-refractivity contribution is 8.36. The Morgan fingerprint density at radius 1 is 1.03 bits per heavy atom. The van der Waals surface area contributed by atoms with Crippen molar-refractivity contribution in [2.75, 3.05) is 7.11 Å². The van der Waals surface area contributed by atoms with Gasteiger partial charge in [0, 0.05) is 18.6 Å². The maximum atomic E-state index is 13.0. The molecule has 1 heterocycles. The molecule has 32 heavy (non-hydrogen) atoms. The summed E-state index contributed by atoms with van der Waals surface area (Å²) >= 11 is 4.06. The van der Waals surface area contributed by atoms with E-state index >= 15 is 0 Å². The molecule has 0 spiro atoms. The van der Waals surface area contributed by atoms with E-state index in [2.05, 4.69) is 6.07 Å². The maximum absolute atomic E-state index is 13.0. The summed E-state index contributed by atoms with van der Waals surface area (Å²) < 4.78 is 6.33. The SMILES string of the molecule is COC(=O)C1=C(SCc2cccc(C)c2)SC(=C2C(=O)CC(c3ccccc3)CC2=O)S1. The normalized spacial score (nSPS) is 19.0. The van der Waals surface area contributed by atoms with Crippen molar-refractivity contribution < 1.29 is 19.1 Å². The predicted molar refractivity (Wildman–Crippen MR) is 132 cm³/mol. The Bertz CT molecular complexity index is 1110. The Balaban J connectivity index is 1.55. The number of benzene rings is 2. The van der Waals surface area contributed by atoms with Gasteiger partial charge in [-0.05, 0) is 24.0 Å². The van der Waals surface area contributed by atoms with E-state index < -0.39 is 5.97 Å². The molecule has 0 bridgehead atoms. The number of carbonyl (C=O) groups is 3. The zero-order valence-corrected chi connectivity index (χ0v) is 20.2. The maximum Gasteiger partial charge on any atom is 0.346 e. The van der Waals surface area contributed by atoms with Gasteiger partial charge in [-0.2, -0.15) is 0 Å². The number of esters is 1. The van der Waals surface area contributed by atoms with Gasteiger partial charge in [0.05, 0.1) is 21.2 Å². The van der Waals surface area contributed by atoms with Crippen molar-refractivity contribution >= 4 is 52.8 Å². The Kier molecular flexibility index (Phi) is 7.28. The molecule has 164 valence electrons. The molecule has 0 atom stereocenters. The minimum absolute atomic E-state index is 0.0971. The van der Waals surface area contributed by atoms with Gasteiger partial charge in [-0.1, -0.05) is 83.7 Å². The van der Waals surface area contributed by atoms with E-state index in [0.717, 1.165) is 15.4 Å². The van der Waals surface area contributed by atoms with Gasteiger partial charge in [0.15, 0.2) is 11.6 Å². The molecular weight excluding hydrogens is 460 g/mol. The van der Waals surface area contributed by atoms with Gasteiger partial charge in [0.25, 0.3) is 0 Å². The van der Waals surface area contributed by atoms with Crippen LogP contribution >= 0.6 is 35.3 Å². The van der Waals surface area contributed by atoms with E-state index in [1.54, 1.807) is 0 Å². The molecule has 1 fully saturated rings. The first-order valence-corrected chi connectivity index (χ1v) is 12.8. The average molecular weight is 483 g/mol. The first-order valence-electron chi connectivity index (χ1n) is 10.2. The van der Waals surface area contributed by atoms with E-state index in [1.807, 2.05) is 55.5 Å². The number of Topliss-reactive ketones (excluding diaryl/α,β-unsaturated/α-hetero) is 2. The van der Waals surface area contributed by atoms with Crippen molar-refractivity contribution in [1.82, 2.24) is 0 Å². The lowest BCUT2D eigenvalue weighted by atomic mass is 9.80. The van der Waals surface area contributed by atoms with Crippen molar-refractivity contribution in [1.29, 1.82) is 0 Å². The molecule has 0 radical (unpaired) electrons. The summed E-state index contributed by atoms with van der Waals surface area (Å²) in [4.78, 5) is 38.8. The average Bonchev–Trinajstić information content (AvgIpc) is 3.21.